The number of benzene rings is 1. The highest BCUT2D eigenvalue weighted by atomic mass is 19.4. The highest BCUT2D eigenvalue weighted by Crippen LogP contribution is 2.29. The van der Waals surface area contributed by atoms with Crippen molar-refractivity contribution in [2.45, 2.75) is 19.1 Å². The fraction of sp³-hybridized carbons (Fsp3) is 0.364. The summed E-state index contributed by atoms with van der Waals surface area (Å²) in [6, 6.07) is 6.53. The standard InChI is InChI=1S/C22H21F3N4O4/c1-32-19-11-17-15(12-29(27-17)13-21(31)28-5-7-33-8-6-28)9-14(19)10-18(30)16-3-2-4-20(26-16)22(23,24)25/h2-4,9,11-12H,5-8,10,13H2,1H3. The van der Waals surface area contributed by atoms with Crippen molar-refractivity contribution in [3.8, 4) is 5.75 Å². The number of carbonyl (C=O) groups is 2. The van der Waals surface area contributed by atoms with Crippen LogP contribution < -0.4 is 4.74 Å². The van der Waals surface area contributed by atoms with Gasteiger partial charge >= 0.3 is 6.18 Å². The molecule has 4 rings (SSSR count). The number of pyridine rings is 1. The van der Waals surface area contributed by atoms with E-state index in [4.69, 9.17) is 9.47 Å². The van der Waals surface area contributed by atoms with Crippen molar-refractivity contribution < 1.29 is 32.2 Å². The van der Waals surface area contributed by atoms with Gasteiger partial charge in [0.05, 0.1) is 25.8 Å². The molecule has 0 N–H and O–H groups in total. The van der Waals surface area contributed by atoms with Gasteiger partial charge in [-0.3, -0.25) is 14.3 Å². The monoisotopic (exact) mass is 462 g/mol. The van der Waals surface area contributed by atoms with Crippen LogP contribution in [0, 0.1) is 0 Å². The number of ketones is 1. The molecule has 8 nitrogen and oxygen atoms in total. The van der Waals surface area contributed by atoms with Crippen molar-refractivity contribution in [1.29, 1.82) is 0 Å². The molecular formula is C22H21F3N4O4. The van der Waals surface area contributed by atoms with E-state index in [1.54, 1.807) is 23.2 Å². The van der Waals surface area contributed by atoms with Gasteiger partial charge in [0, 0.05) is 42.7 Å². The van der Waals surface area contributed by atoms with Crippen LogP contribution in [0.15, 0.2) is 36.5 Å². The van der Waals surface area contributed by atoms with Gasteiger partial charge in [0.1, 0.15) is 23.7 Å². The third-order valence-corrected chi connectivity index (χ3v) is 5.29. The number of rotatable bonds is 6. The zero-order chi connectivity index (χ0) is 23.6. The Morgan fingerprint density at radius 2 is 1.94 bits per heavy atom. The van der Waals surface area contributed by atoms with E-state index in [1.807, 2.05) is 0 Å². The molecule has 3 heterocycles. The Bertz CT molecular complexity index is 1190. The summed E-state index contributed by atoms with van der Waals surface area (Å²) in [7, 11) is 1.43. The molecule has 0 atom stereocenters. The maximum Gasteiger partial charge on any atom is 0.433 e. The quantitative estimate of drug-likeness (QED) is 0.524. The highest BCUT2D eigenvalue weighted by molar-refractivity contribution is 5.97. The maximum absolute atomic E-state index is 12.9. The lowest BCUT2D eigenvalue weighted by Crippen LogP contribution is -2.42. The molecule has 0 bridgehead atoms. The van der Waals surface area contributed by atoms with E-state index in [-0.39, 0.29) is 24.6 Å². The second kappa shape index (κ2) is 9.18. The molecule has 2 aromatic heterocycles. The molecule has 1 amide bonds. The molecule has 0 radical (unpaired) electrons. The number of nitrogens with zero attached hydrogens (tertiary/aromatic N) is 4. The van der Waals surface area contributed by atoms with Gasteiger partial charge in [0.15, 0.2) is 5.78 Å². The Morgan fingerprint density at radius 1 is 1.18 bits per heavy atom. The first-order valence-electron chi connectivity index (χ1n) is 10.2. The van der Waals surface area contributed by atoms with E-state index in [0.29, 0.717) is 48.5 Å². The number of hydrogen-bond acceptors (Lipinski definition) is 6. The van der Waals surface area contributed by atoms with Crippen molar-refractivity contribution in [3.05, 3.63) is 53.5 Å². The van der Waals surface area contributed by atoms with E-state index in [1.165, 1.54) is 17.9 Å². The van der Waals surface area contributed by atoms with Gasteiger partial charge in [-0.15, -0.1) is 0 Å². The van der Waals surface area contributed by atoms with Gasteiger partial charge < -0.3 is 14.4 Å². The number of morpholine rings is 1. The number of Topliss-reactive ketones (excluding diaryl/α,β-unsaturated/α-hetero) is 1. The van der Waals surface area contributed by atoms with E-state index in [2.05, 4.69) is 10.1 Å². The summed E-state index contributed by atoms with van der Waals surface area (Å²) >= 11 is 0. The fourth-order valence-electron chi connectivity index (χ4n) is 3.62. The summed E-state index contributed by atoms with van der Waals surface area (Å²) in [6.45, 7) is 2.12. The van der Waals surface area contributed by atoms with Crippen LogP contribution >= 0.6 is 0 Å². The third kappa shape index (κ3) is 5.14. The maximum atomic E-state index is 12.9. The Labute approximate surface area is 186 Å². The van der Waals surface area contributed by atoms with Crippen molar-refractivity contribution in [3.63, 3.8) is 0 Å². The number of carbonyl (C=O) groups excluding carboxylic acids is 2. The van der Waals surface area contributed by atoms with Crippen LogP contribution in [0.4, 0.5) is 13.2 Å². The van der Waals surface area contributed by atoms with Crippen LogP contribution in [0.5, 0.6) is 5.75 Å². The van der Waals surface area contributed by atoms with Gasteiger partial charge in [-0.25, -0.2) is 4.98 Å². The minimum absolute atomic E-state index is 0.0550. The van der Waals surface area contributed by atoms with Crippen molar-refractivity contribution in [1.82, 2.24) is 19.7 Å². The Hall–Kier alpha value is -3.47. The van der Waals surface area contributed by atoms with Crippen LogP contribution in [0.25, 0.3) is 10.9 Å². The number of hydrogen-bond donors (Lipinski definition) is 0. The zero-order valence-corrected chi connectivity index (χ0v) is 17.8. The smallest absolute Gasteiger partial charge is 0.433 e. The molecule has 1 saturated heterocycles. The van der Waals surface area contributed by atoms with E-state index >= 15 is 0 Å². The molecule has 0 unspecified atom stereocenters. The molecule has 1 fully saturated rings. The minimum atomic E-state index is -4.64. The molecule has 0 aliphatic carbocycles. The zero-order valence-electron chi connectivity index (χ0n) is 17.8. The second-order valence-electron chi connectivity index (χ2n) is 7.55. The van der Waals surface area contributed by atoms with Gasteiger partial charge in [-0.05, 0) is 18.2 Å². The SMILES string of the molecule is COc1cc2nn(CC(=O)N3CCOCC3)cc2cc1CC(=O)c1cccc(C(F)(F)F)n1. The molecule has 1 aliphatic rings. The largest absolute Gasteiger partial charge is 0.496 e. The minimum Gasteiger partial charge on any atom is -0.496 e. The number of aromatic nitrogens is 3. The van der Waals surface area contributed by atoms with E-state index < -0.39 is 17.7 Å². The van der Waals surface area contributed by atoms with Gasteiger partial charge in [0.2, 0.25) is 5.91 Å². The summed E-state index contributed by atoms with van der Waals surface area (Å²) < 4.78 is 50.9. The predicted molar refractivity (Wildman–Crippen MR) is 111 cm³/mol. The Kier molecular flexibility index (Phi) is 6.32. The van der Waals surface area contributed by atoms with E-state index in [0.717, 1.165) is 12.1 Å². The average molecular weight is 462 g/mol. The number of methoxy groups -OCH3 is 1. The lowest BCUT2D eigenvalue weighted by atomic mass is 10.0. The second-order valence-corrected chi connectivity index (χ2v) is 7.55. The van der Waals surface area contributed by atoms with Gasteiger partial charge in [0.25, 0.3) is 0 Å². The Balaban J connectivity index is 1.55. The lowest BCUT2D eigenvalue weighted by Gasteiger charge is -2.26. The summed E-state index contributed by atoms with van der Waals surface area (Å²) in [5.74, 6) is -0.287. The number of halogens is 3. The Morgan fingerprint density at radius 3 is 2.64 bits per heavy atom. The molecule has 0 spiro atoms. The topological polar surface area (TPSA) is 86.5 Å². The summed E-state index contributed by atoms with van der Waals surface area (Å²) in [5, 5.41) is 5.08. The van der Waals surface area contributed by atoms with Crippen LogP contribution in [0.2, 0.25) is 0 Å². The summed E-state index contributed by atoms with van der Waals surface area (Å²) in [6.07, 6.45) is -3.16. The van der Waals surface area contributed by atoms with Gasteiger partial charge in [-0.2, -0.15) is 18.3 Å². The van der Waals surface area contributed by atoms with Crippen molar-refractivity contribution >= 4 is 22.6 Å². The molecule has 1 aliphatic heterocycles. The van der Waals surface area contributed by atoms with Crippen LogP contribution in [-0.4, -0.2) is 64.8 Å². The molecular weight excluding hydrogens is 441 g/mol. The van der Waals surface area contributed by atoms with Crippen LogP contribution in [-0.2, 0) is 28.7 Å². The molecule has 11 heteroatoms. The first-order chi connectivity index (χ1) is 15.7. The van der Waals surface area contributed by atoms with Crippen molar-refractivity contribution in [2.24, 2.45) is 0 Å². The molecule has 33 heavy (non-hydrogen) atoms. The molecule has 0 saturated carbocycles. The first-order valence-corrected chi connectivity index (χ1v) is 10.2. The number of amides is 1. The average Bonchev–Trinajstić information content (AvgIpc) is 3.19. The van der Waals surface area contributed by atoms with Gasteiger partial charge in [-0.1, -0.05) is 6.07 Å². The predicted octanol–water partition coefficient (Wildman–Crippen LogP) is 2.74. The highest BCUT2D eigenvalue weighted by Gasteiger charge is 2.33. The van der Waals surface area contributed by atoms with Crippen LogP contribution in [0.3, 0.4) is 0 Å². The number of ether oxygens (including phenoxy) is 2. The molecule has 1 aromatic carbocycles. The fourth-order valence-corrected chi connectivity index (χ4v) is 3.62. The molecule has 174 valence electrons. The molecule has 3 aromatic rings. The van der Waals surface area contributed by atoms with Crippen LogP contribution in [0.1, 0.15) is 21.7 Å². The normalized spacial score (nSPS) is 14.5. The third-order valence-electron chi connectivity index (χ3n) is 5.29. The van der Waals surface area contributed by atoms with Crippen molar-refractivity contribution in [2.75, 3.05) is 33.4 Å². The van der Waals surface area contributed by atoms with E-state index in [9.17, 15) is 22.8 Å². The summed E-state index contributed by atoms with van der Waals surface area (Å²) in [5.41, 5.74) is -0.357. The lowest BCUT2D eigenvalue weighted by molar-refractivity contribution is -0.141. The number of fused-ring (bicyclic) bond motifs is 1. The number of alkyl halides is 3. The summed E-state index contributed by atoms with van der Waals surface area (Å²) in [4.78, 5) is 30.3. The first kappa shape index (κ1) is 22.7.